The molecule has 1 amide bonds. The molecule has 0 aromatic heterocycles. The lowest BCUT2D eigenvalue weighted by Gasteiger charge is -2.19. The Morgan fingerprint density at radius 3 is 2.06 bits per heavy atom. The topological polar surface area (TPSA) is 50.4 Å². The summed E-state index contributed by atoms with van der Waals surface area (Å²) >= 11 is 0. The van der Waals surface area contributed by atoms with Crippen LogP contribution in [0.15, 0.2) is 90.6 Å². The maximum atomic E-state index is 12.3. The van der Waals surface area contributed by atoms with Gasteiger partial charge in [0, 0.05) is 12.1 Å². The minimum Gasteiger partial charge on any atom is -0.484 e. The number of hydrogen-bond acceptors (Lipinski definition) is 3. The van der Waals surface area contributed by atoms with Gasteiger partial charge in [-0.25, -0.2) is 0 Å². The Morgan fingerprint density at radius 1 is 0.839 bits per heavy atom. The highest BCUT2D eigenvalue weighted by molar-refractivity contribution is 5.77. The molecule has 0 atom stereocenters. The minimum absolute atomic E-state index is 0.0637. The van der Waals surface area contributed by atoms with Crippen LogP contribution in [0.2, 0.25) is 0 Å². The van der Waals surface area contributed by atoms with Crippen molar-refractivity contribution in [2.24, 2.45) is 0 Å². The maximum Gasteiger partial charge on any atom is 0.276 e. The lowest BCUT2D eigenvalue weighted by Crippen LogP contribution is -2.40. The smallest absolute Gasteiger partial charge is 0.276 e. The number of ether oxygens (including phenoxy) is 1. The SMILES string of the molecule is CC(C)(C)c1ccc(OCC(=O)NN/C(=C/c2ccccc2)Cc2ccccc2)cc1. The van der Waals surface area contributed by atoms with E-state index in [0.717, 1.165) is 16.8 Å². The zero-order valence-corrected chi connectivity index (χ0v) is 18.4. The van der Waals surface area contributed by atoms with Gasteiger partial charge in [0.2, 0.25) is 0 Å². The second kappa shape index (κ2) is 10.5. The standard InChI is InChI=1S/C27H30N2O2/c1-27(2,3)23-14-16-25(17-15-23)31-20-26(30)29-28-24(18-21-10-6-4-7-11-21)19-22-12-8-5-9-13-22/h4-18,28H,19-20H2,1-3H3,(H,29,30)/b24-18+. The molecule has 31 heavy (non-hydrogen) atoms. The van der Waals surface area contributed by atoms with E-state index < -0.39 is 0 Å². The van der Waals surface area contributed by atoms with Gasteiger partial charge in [0.25, 0.3) is 5.91 Å². The van der Waals surface area contributed by atoms with Crippen molar-refractivity contribution in [1.29, 1.82) is 0 Å². The van der Waals surface area contributed by atoms with Crippen LogP contribution in [-0.4, -0.2) is 12.5 Å². The van der Waals surface area contributed by atoms with Gasteiger partial charge in [0.05, 0.1) is 0 Å². The van der Waals surface area contributed by atoms with Crippen molar-refractivity contribution >= 4 is 12.0 Å². The van der Waals surface area contributed by atoms with Crippen LogP contribution in [0.25, 0.3) is 6.08 Å². The molecule has 0 fully saturated rings. The Hall–Kier alpha value is -3.53. The van der Waals surface area contributed by atoms with Crippen LogP contribution in [0.5, 0.6) is 5.75 Å². The first-order valence-corrected chi connectivity index (χ1v) is 10.5. The van der Waals surface area contributed by atoms with Gasteiger partial charge in [-0.15, -0.1) is 0 Å². The molecule has 4 nitrogen and oxygen atoms in total. The van der Waals surface area contributed by atoms with Crippen molar-refractivity contribution in [3.8, 4) is 5.75 Å². The van der Waals surface area contributed by atoms with Gasteiger partial charge < -0.3 is 10.2 Å². The second-order valence-electron chi connectivity index (χ2n) is 8.48. The summed E-state index contributed by atoms with van der Waals surface area (Å²) in [5, 5.41) is 0. The number of carbonyl (C=O) groups is 1. The molecule has 3 aromatic rings. The maximum absolute atomic E-state index is 12.3. The van der Waals surface area contributed by atoms with E-state index in [1.54, 1.807) is 0 Å². The molecular weight excluding hydrogens is 384 g/mol. The second-order valence-corrected chi connectivity index (χ2v) is 8.48. The predicted octanol–water partition coefficient (Wildman–Crippen LogP) is 5.27. The third-order valence-corrected chi connectivity index (χ3v) is 4.83. The van der Waals surface area contributed by atoms with Crippen LogP contribution < -0.4 is 15.6 Å². The fourth-order valence-electron chi connectivity index (χ4n) is 3.08. The summed E-state index contributed by atoms with van der Waals surface area (Å²) in [7, 11) is 0. The van der Waals surface area contributed by atoms with Crippen molar-refractivity contribution in [3.05, 3.63) is 107 Å². The van der Waals surface area contributed by atoms with Gasteiger partial charge in [-0.3, -0.25) is 10.2 Å². The van der Waals surface area contributed by atoms with Gasteiger partial charge in [-0.05, 0) is 40.3 Å². The summed E-state index contributed by atoms with van der Waals surface area (Å²) in [5.41, 5.74) is 10.2. The third-order valence-electron chi connectivity index (χ3n) is 4.83. The molecule has 4 heteroatoms. The van der Waals surface area contributed by atoms with Crippen LogP contribution in [-0.2, 0) is 16.6 Å². The van der Waals surface area contributed by atoms with Crippen molar-refractivity contribution in [3.63, 3.8) is 0 Å². The van der Waals surface area contributed by atoms with E-state index in [4.69, 9.17) is 4.74 Å². The monoisotopic (exact) mass is 414 g/mol. The number of amides is 1. The number of hydrazine groups is 1. The average molecular weight is 415 g/mol. The summed E-state index contributed by atoms with van der Waals surface area (Å²) in [5.74, 6) is 0.430. The van der Waals surface area contributed by atoms with Gasteiger partial charge in [0.1, 0.15) is 5.75 Å². The Morgan fingerprint density at radius 2 is 1.45 bits per heavy atom. The Balaban J connectivity index is 1.57. The van der Waals surface area contributed by atoms with Crippen LogP contribution in [0.3, 0.4) is 0 Å². The molecule has 0 saturated heterocycles. The minimum atomic E-state index is -0.244. The normalized spacial score (nSPS) is 11.6. The fraction of sp³-hybridized carbons (Fsp3) is 0.222. The number of benzene rings is 3. The number of carbonyl (C=O) groups excluding carboxylic acids is 1. The zero-order valence-electron chi connectivity index (χ0n) is 18.4. The number of hydrogen-bond donors (Lipinski definition) is 2. The molecule has 0 radical (unpaired) electrons. The van der Waals surface area contributed by atoms with E-state index in [2.05, 4.69) is 43.8 Å². The third kappa shape index (κ3) is 7.34. The molecule has 0 heterocycles. The molecule has 0 aliphatic heterocycles. The van der Waals surface area contributed by atoms with Gasteiger partial charge in [-0.1, -0.05) is 93.6 Å². The van der Waals surface area contributed by atoms with Crippen LogP contribution in [0.1, 0.15) is 37.5 Å². The molecule has 0 saturated carbocycles. The number of nitrogens with one attached hydrogen (secondary N) is 2. The fourth-order valence-corrected chi connectivity index (χ4v) is 3.08. The molecule has 160 valence electrons. The first-order valence-electron chi connectivity index (χ1n) is 10.5. The predicted molar refractivity (Wildman–Crippen MR) is 126 cm³/mol. The average Bonchev–Trinajstić information content (AvgIpc) is 2.77. The lowest BCUT2D eigenvalue weighted by molar-refractivity contribution is -0.123. The highest BCUT2D eigenvalue weighted by Gasteiger charge is 2.13. The van der Waals surface area contributed by atoms with E-state index in [0.29, 0.717) is 12.2 Å². The summed E-state index contributed by atoms with van der Waals surface area (Å²) in [6.45, 7) is 6.43. The first-order chi connectivity index (χ1) is 14.9. The number of rotatable bonds is 8. The quantitative estimate of drug-likeness (QED) is 0.494. The van der Waals surface area contributed by atoms with E-state index in [1.165, 1.54) is 5.56 Å². The van der Waals surface area contributed by atoms with Crippen LogP contribution in [0.4, 0.5) is 0 Å². The van der Waals surface area contributed by atoms with Crippen molar-refractivity contribution in [2.75, 3.05) is 6.61 Å². The molecule has 3 rings (SSSR count). The Bertz CT molecular complexity index is 989. The van der Waals surface area contributed by atoms with Gasteiger partial charge >= 0.3 is 0 Å². The Labute approximate surface area is 184 Å². The molecule has 0 spiro atoms. The summed E-state index contributed by atoms with van der Waals surface area (Å²) in [6.07, 6.45) is 2.70. The lowest BCUT2D eigenvalue weighted by atomic mass is 9.87. The van der Waals surface area contributed by atoms with Crippen molar-refractivity contribution in [1.82, 2.24) is 10.9 Å². The van der Waals surface area contributed by atoms with E-state index in [-0.39, 0.29) is 17.9 Å². The van der Waals surface area contributed by atoms with Gasteiger partial charge in [0.15, 0.2) is 6.61 Å². The largest absolute Gasteiger partial charge is 0.484 e. The van der Waals surface area contributed by atoms with E-state index in [1.807, 2.05) is 78.9 Å². The van der Waals surface area contributed by atoms with E-state index >= 15 is 0 Å². The molecule has 0 bridgehead atoms. The Kier molecular flexibility index (Phi) is 7.50. The molecule has 0 unspecified atom stereocenters. The highest BCUT2D eigenvalue weighted by atomic mass is 16.5. The van der Waals surface area contributed by atoms with Crippen LogP contribution in [0, 0.1) is 0 Å². The number of allylic oxidation sites excluding steroid dienone is 1. The molecular formula is C27H30N2O2. The molecule has 2 N–H and O–H groups in total. The zero-order chi connectivity index (χ0) is 22.1. The van der Waals surface area contributed by atoms with E-state index in [9.17, 15) is 4.79 Å². The summed E-state index contributed by atoms with van der Waals surface area (Å²) in [4.78, 5) is 12.3. The van der Waals surface area contributed by atoms with Crippen LogP contribution >= 0.6 is 0 Å². The summed E-state index contributed by atoms with van der Waals surface area (Å²) in [6, 6.07) is 28.0. The van der Waals surface area contributed by atoms with Crippen molar-refractivity contribution in [2.45, 2.75) is 32.6 Å². The summed E-state index contributed by atoms with van der Waals surface area (Å²) < 4.78 is 5.63. The highest BCUT2D eigenvalue weighted by Crippen LogP contribution is 2.24. The molecule has 3 aromatic carbocycles. The molecule has 0 aliphatic rings. The van der Waals surface area contributed by atoms with Gasteiger partial charge in [-0.2, -0.15) is 0 Å². The first kappa shape index (κ1) is 22.2. The molecule has 0 aliphatic carbocycles. The van der Waals surface area contributed by atoms with Crippen molar-refractivity contribution < 1.29 is 9.53 Å².